The molecule has 2 unspecified atom stereocenters. The van der Waals surface area contributed by atoms with Crippen LogP contribution in [0.15, 0.2) is 78.9 Å². The van der Waals surface area contributed by atoms with Gasteiger partial charge in [0.05, 0.1) is 25.8 Å². The van der Waals surface area contributed by atoms with E-state index in [0.717, 1.165) is 16.7 Å². The number of epoxide rings is 1. The van der Waals surface area contributed by atoms with Crippen LogP contribution in [0.5, 0.6) is 11.5 Å². The number of phenols is 1. The average Bonchev–Trinajstić information content (AvgIpc) is 3.79. The van der Waals surface area contributed by atoms with Gasteiger partial charge in [-0.05, 0) is 67.6 Å². The first-order chi connectivity index (χ1) is 21.1. The molecule has 0 aliphatic carbocycles. The molecule has 1 aliphatic rings. The topological polar surface area (TPSA) is 144 Å². The molecule has 44 heavy (non-hydrogen) atoms. The summed E-state index contributed by atoms with van der Waals surface area (Å²) in [7, 11) is 1.55. The number of carbonyl (C=O) groups excluding carboxylic acids is 4. The van der Waals surface area contributed by atoms with E-state index in [9.17, 15) is 24.3 Å². The number of amides is 2. The number of Topliss-reactive ketones (excluding diaryl/α,β-unsaturated/α-hetero) is 2. The average molecular weight is 603 g/mol. The highest BCUT2D eigenvalue weighted by Crippen LogP contribution is 2.29. The number of hydrogen-bond acceptors (Lipinski definition) is 8. The van der Waals surface area contributed by atoms with Crippen molar-refractivity contribution in [2.75, 3.05) is 13.7 Å². The molecule has 4 rings (SSSR count). The quantitative estimate of drug-likeness (QED) is 0.222. The Hall–Kier alpha value is -4.70. The van der Waals surface area contributed by atoms with E-state index in [2.05, 4.69) is 10.6 Å². The third-order valence-corrected chi connectivity index (χ3v) is 7.60. The maximum atomic E-state index is 13.8. The lowest BCUT2D eigenvalue weighted by Crippen LogP contribution is -2.50. The number of benzene rings is 3. The van der Waals surface area contributed by atoms with Crippen molar-refractivity contribution in [3.8, 4) is 11.5 Å². The number of nitrogens with one attached hydrogen (secondary N) is 2. The van der Waals surface area contributed by atoms with Crippen LogP contribution in [0.4, 0.5) is 4.79 Å². The minimum Gasteiger partial charge on any atom is -0.508 e. The molecular weight excluding hydrogens is 564 g/mol. The van der Waals surface area contributed by atoms with Crippen LogP contribution in [0, 0.1) is 5.92 Å². The zero-order valence-corrected chi connectivity index (χ0v) is 25.1. The zero-order valence-electron chi connectivity index (χ0n) is 25.1. The molecule has 1 saturated heterocycles. The number of phenolic OH excluding ortho intramolecular Hbond substituents is 1. The Morgan fingerprint density at radius 2 is 1.50 bits per heavy atom. The number of methoxy groups -OCH3 is 1. The molecule has 1 aliphatic heterocycles. The summed E-state index contributed by atoms with van der Waals surface area (Å²) in [4.78, 5) is 52.8. The van der Waals surface area contributed by atoms with Gasteiger partial charge in [0.1, 0.15) is 23.7 Å². The summed E-state index contributed by atoms with van der Waals surface area (Å²) in [5.74, 6) is -1.23. The molecule has 10 nitrogen and oxygen atoms in total. The fourth-order valence-corrected chi connectivity index (χ4v) is 4.73. The first-order valence-electron chi connectivity index (χ1n) is 14.5. The summed E-state index contributed by atoms with van der Waals surface area (Å²) in [6.07, 6.45) is -0.548. The minimum atomic E-state index is -0.991. The maximum Gasteiger partial charge on any atom is 0.408 e. The van der Waals surface area contributed by atoms with Crippen LogP contribution < -0.4 is 15.4 Å². The van der Waals surface area contributed by atoms with Crippen LogP contribution in [0.3, 0.4) is 0 Å². The number of ether oxygens (including phenoxy) is 3. The molecule has 0 bridgehead atoms. The van der Waals surface area contributed by atoms with Gasteiger partial charge in [0.25, 0.3) is 0 Å². The highest BCUT2D eigenvalue weighted by molar-refractivity contribution is 5.98. The minimum absolute atomic E-state index is 0.0508. The zero-order chi connectivity index (χ0) is 31.7. The maximum absolute atomic E-state index is 13.8. The number of hydrogen-bond donors (Lipinski definition) is 3. The van der Waals surface area contributed by atoms with E-state index in [1.165, 1.54) is 19.1 Å². The van der Waals surface area contributed by atoms with Crippen molar-refractivity contribution in [2.45, 2.75) is 57.4 Å². The van der Waals surface area contributed by atoms with E-state index in [0.29, 0.717) is 5.75 Å². The normalized spacial score (nSPS) is 17.4. The highest BCUT2D eigenvalue weighted by atomic mass is 16.6. The second-order valence-electron chi connectivity index (χ2n) is 11.2. The molecule has 4 atom stereocenters. The monoisotopic (exact) mass is 602 g/mol. The van der Waals surface area contributed by atoms with E-state index < -0.39 is 35.6 Å². The summed E-state index contributed by atoms with van der Waals surface area (Å²) < 4.78 is 15.9. The Bertz CT molecular complexity index is 1440. The summed E-state index contributed by atoms with van der Waals surface area (Å²) >= 11 is 0. The Morgan fingerprint density at radius 3 is 2.11 bits per heavy atom. The second kappa shape index (κ2) is 14.7. The lowest BCUT2D eigenvalue weighted by atomic mass is 9.89. The molecule has 232 valence electrons. The van der Waals surface area contributed by atoms with Crippen LogP contribution in [-0.2, 0) is 43.3 Å². The fourth-order valence-electron chi connectivity index (χ4n) is 4.73. The van der Waals surface area contributed by atoms with Crippen LogP contribution in [0.25, 0.3) is 0 Å². The smallest absolute Gasteiger partial charge is 0.408 e. The first-order valence-corrected chi connectivity index (χ1v) is 14.5. The van der Waals surface area contributed by atoms with Crippen molar-refractivity contribution in [2.24, 2.45) is 5.92 Å². The summed E-state index contributed by atoms with van der Waals surface area (Å²) in [6.45, 7) is 3.52. The van der Waals surface area contributed by atoms with Gasteiger partial charge in [-0.1, -0.05) is 54.6 Å². The predicted molar refractivity (Wildman–Crippen MR) is 162 cm³/mol. The number of rotatable bonds is 15. The summed E-state index contributed by atoms with van der Waals surface area (Å²) in [5.41, 5.74) is 1.34. The number of carbonyl (C=O) groups is 4. The van der Waals surface area contributed by atoms with Crippen molar-refractivity contribution in [3.63, 3.8) is 0 Å². The Kier molecular flexibility index (Phi) is 10.7. The molecule has 0 aromatic heterocycles. The van der Waals surface area contributed by atoms with Gasteiger partial charge >= 0.3 is 6.09 Å². The van der Waals surface area contributed by atoms with Crippen molar-refractivity contribution in [1.82, 2.24) is 10.6 Å². The summed E-state index contributed by atoms with van der Waals surface area (Å²) in [6, 6.07) is 20.9. The van der Waals surface area contributed by atoms with E-state index in [4.69, 9.17) is 14.2 Å². The largest absolute Gasteiger partial charge is 0.508 e. The highest BCUT2D eigenvalue weighted by Gasteiger charge is 2.50. The predicted octanol–water partition coefficient (Wildman–Crippen LogP) is 3.92. The first kappa shape index (κ1) is 32.2. The van der Waals surface area contributed by atoms with Crippen molar-refractivity contribution in [3.05, 3.63) is 95.6 Å². The summed E-state index contributed by atoms with van der Waals surface area (Å²) in [5, 5.41) is 15.1. The van der Waals surface area contributed by atoms with Crippen LogP contribution >= 0.6 is 0 Å². The van der Waals surface area contributed by atoms with Crippen molar-refractivity contribution >= 4 is 23.6 Å². The standard InChI is InChI=1S/C34H38N2O8/c1-22(35-33(41)43-20-25-7-5-4-6-8-25)30(38)19-26(17-23-11-15-28(42-3)16-12-23)32(40)36-29(31(39)34(2)21-44-34)18-24-9-13-27(37)14-10-24/h4-16,22,26,29,37H,17-21H2,1-3H3,(H,35,41)(H,36,40)/t22?,26-,29+,34?/m1/s1. The molecule has 0 saturated carbocycles. The Labute approximate surface area is 256 Å². The second-order valence-corrected chi connectivity index (χ2v) is 11.2. The third kappa shape index (κ3) is 9.15. The lowest BCUT2D eigenvalue weighted by Gasteiger charge is -2.24. The Balaban J connectivity index is 1.46. The molecule has 1 heterocycles. The van der Waals surface area contributed by atoms with Crippen LogP contribution in [-0.4, -0.2) is 60.1 Å². The molecule has 3 aromatic rings. The van der Waals surface area contributed by atoms with Gasteiger partial charge in [-0.25, -0.2) is 4.79 Å². The SMILES string of the molecule is COc1ccc(C[C@H](CC(=O)C(C)NC(=O)OCc2ccccc2)C(=O)N[C@@H](Cc2ccc(O)cc2)C(=O)C2(C)CO2)cc1. The van der Waals surface area contributed by atoms with Crippen LogP contribution in [0.2, 0.25) is 0 Å². The Morgan fingerprint density at radius 1 is 0.886 bits per heavy atom. The molecule has 3 N–H and O–H groups in total. The van der Waals surface area contributed by atoms with Crippen LogP contribution in [0.1, 0.15) is 37.0 Å². The molecule has 10 heteroatoms. The van der Waals surface area contributed by atoms with Gasteiger partial charge in [-0.3, -0.25) is 14.4 Å². The molecule has 0 spiro atoms. The molecule has 0 radical (unpaired) electrons. The van der Waals surface area contributed by atoms with Gasteiger partial charge in [0.2, 0.25) is 5.91 Å². The van der Waals surface area contributed by atoms with E-state index >= 15 is 0 Å². The molecule has 3 aromatic carbocycles. The third-order valence-electron chi connectivity index (χ3n) is 7.60. The van der Waals surface area contributed by atoms with E-state index in [1.54, 1.807) is 38.3 Å². The lowest BCUT2D eigenvalue weighted by molar-refractivity contribution is -0.134. The van der Waals surface area contributed by atoms with Crippen molar-refractivity contribution < 1.29 is 38.5 Å². The molecule has 2 amide bonds. The van der Waals surface area contributed by atoms with Gasteiger partial charge in [0, 0.05) is 12.3 Å². The van der Waals surface area contributed by atoms with E-state index in [-0.39, 0.29) is 49.8 Å². The van der Waals surface area contributed by atoms with Gasteiger partial charge in [-0.15, -0.1) is 0 Å². The molecule has 1 fully saturated rings. The van der Waals surface area contributed by atoms with Gasteiger partial charge in [0.15, 0.2) is 11.6 Å². The van der Waals surface area contributed by atoms with Crippen molar-refractivity contribution in [1.29, 1.82) is 0 Å². The van der Waals surface area contributed by atoms with Gasteiger partial charge in [-0.2, -0.15) is 0 Å². The number of aromatic hydroxyl groups is 1. The number of ketones is 2. The van der Waals surface area contributed by atoms with E-state index in [1.807, 2.05) is 42.5 Å². The number of alkyl carbamates (subject to hydrolysis) is 1. The molecular formula is C34H38N2O8. The van der Waals surface area contributed by atoms with Gasteiger partial charge < -0.3 is 30.0 Å². The fraction of sp³-hybridized carbons (Fsp3) is 0.353.